The zero-order valence-electron chi connectivity index (χ0n) is 8.35. The van der Waals surface area contributed by atoms with Crippen LogP contribution in [0.3, 0.4) is 0 Å². The third-order valence-corrected chi connectivity index (χ3v) is 2.06. The first-order valence-electron chi connectivity index (χ1n) is 4.26. The van der Waals surface area contributed by atoms with Gasteiger partial charge in [0, 0.05) is 12.2 Å². The number of alkyl halides is 3. The zero-order chi connectivity index (χ0) is 11.6. The molecule has 0 aliphatic rings. The maximum absolute atomic E-state index is 12.0. The van der Waals surface area contributed by atoms with Crippen LogP contribution < -0.4 is 10.5 Å². The number of pyridine rings is 1. The van der Waals surface area contributed by atoms with Crippen LogP contribution in [-0.2, 0) is 6.54 Å². The summed E-state index contributed by atoms with van der Waals surface area (Å²) in [7, 11) is 0. The third kappa shape index (κ3) is 2.82. The average molecular weight is 220 g/mol. The Morgan fingerprint density at radius 2 is 2.00 bits per heavy atom. The number of rotatable bonds is 2. The van der Waals surface area contributed by atoms with Gasteiger partial charge < -0.3 is 10.5 Å². The van der Waals surface area contributed by atoms with Crippen LogP contribution in [0.15, 0.2) is 6.20 Å². The molecule has 15 heavy (non-hydrogen) atoms. The smallest absolute Gasteiger partial charge is 0.404 e. The summed E-state index contributed by atoms with van der Waals surface area (Å²) >= 11 is 0. The zero-order valence-corrected chi connectivity index (χ0v) is 8.35. The molecule has 0 aliphatic carbocycles. The van der Waals surface area contributed by atoms with Crippen molar-refractivity contribution >= 4 is 0 Å². The molecule has 0 bridgehead atoms. The van der Waals surface area contributed by atoms with Gasteiger partial charge in [-0.3, -0.25) is 4.98 Å². The first kappa shape index (κ1) is 11.8. The molecular formula is C9H11F3N2O. The molecule has 1 aromatic heterocycles. The van der Waals surface area contributed by atoms with Crippen molar-refractivity contribution in [1.82, 2.24) is 4.98 Å². The normalized spacial score (nSPS) is 11.6. The van der Waals surface area contributed by atoms with Gasteiger partial charge in [0.1, 0.15) is 0 Å². The maximum atomic E-state index is 12.0. The molecule has 0 radical (unpaired) electrons. The summed E-state index contributed by atoms with van der Waals surface area (Å²) in [4.78, 5) is 3.79. The predicted octanol–water partition coefficient (Wildman–Crippen LogP) is 2.06. The Labute approximate surface area is 85.1 Å². The molecule has 2 N–H and O–H groups in total. The van der Waals surface area contributed by atoms with Gasteiger partial charge in [-0.1, -0.05) is 0 Å². The van der Waals surface area contributed by atoms with E-state index in [2.05, 4.69) is 9.72 Å². The van der Waals surface area contributed by atoms with Crippen molar-refractivity contribution in [2.24, 2.45) is 5.73 Å². The molecule has 6 heteroatoms. The van der Waals surface area contributed by atoms with Crippen molar-refractivity contribution in [3.8, 4) is 5.75 Å². The molecule has 1 aromatic rings. The fraction of sp³-hybridized carbons (Fsp3) is 0.444. The largest absolute Gasteiger partial charge is 0.573 e. The van der Waals surface area contributed by atoms with E-state index in [1.807, 2.05) is 0 Å². The van der Waals surface area contributed by atoms with Crippen molar-refractivity contribution in [2.75, 3.05) is 0 Å². The maximum Gasteiger partial charge on any atom is 0.573 e. The summed E-state index contributed by atoms with van der Waals surface area (Å²) in [6.45, 7) is 3.35. The van der Waals surface area contributed by atoms with Crippen molar-refractivity contribution in [3.63, 3.8) is 0 Å². The lowest BCUT2D eigenvalue weighted by Gasteiger charge is -2.14. The minimum absolute atomic E-state index is 0.139. The molecular weight excluding hydrogens is 209 g/mol. The van der Waals surface area contributed by atoms with E-state index in [1.54, 1.807) is 6.92 Å². The molecule has 0 saturated heterocycles. The first-order chi connectivity index (χ1) is 6.85. The minimum Gasteiger partial charge on any atom is -0.404 e. The Bertz CT molecular complexity index is 363. The van der Waals surface area contributed by atoms with E-state index in [1.165, 1.54) is 6.92 Å². The van der Waals surface area contributed by atoms with Crippen LogP contribution in [0.25, 0.3) is 0 Å². The summed E-state index contributed by atoms with van der Waals surface area (Å²) < 4.78 is 39.7. The molecule has 0 aliphatic heterocycles. The van der Waals surface area contributed by atoms with E-state index in [0.717, 1.165) is 6.20 Å². The highest BCUT2D eigenvalue weighted by Gasteiger charge is 2.32. The van der Waals surface area contributed by atoms with Crippen molar-refractivity contribution in [1.29, 1.82) is 0 Å². The first-order valence-corrected chi connectivity index (χ1v) is 4.26. The number of aromatic nitrogens is 1. The van der Waals surface area contributed by atoms with Gasteiger partial charge in [0.05, 0.1) is 6.20 Å². The number of aryl methyl sites for hydroxylation is 1. The molecule has 0 atom stereocenters. The number of hydrogen-bond donors (Lipinski definition) is 1. The third-order valence-electron chi connectivity index (χ3n) is 2.06. The van der Waals surface area contributed by atoms with Crippen molar-refractivity contribution < 1.29 is 17.9 Å². The number of halogens is 3. The summed E-state index contributed by atoms with van der Waals surface area (Å²) in [6, 6.07) is 0. The Morgan fingerprint density at radius 1 is 1.40 bits per heavy atom. The quantitative estimate of drug-likeness (QED) is 0.829. The fourth-order valence-electron chi connectivity index (χ4n) is 1.28. The van der Waals surface area contributed by atoms with Gasteiger partial charge in [-0.05, 0) is 25.0 Å². The second-order valence-electron chi connectivity index (χ2n) is 3.06. The highest BCUT2D eigenvalue weighted by molar-refractivity contribution is 5.39. The van der Waals surface area contributed by atoms with Crippen LogP contribution in [0.5, 0.6) is 5.75 Å². The van der Waals surface area contributed by atoms with E-state index in [9.17, 15) is 13.2 Å². The lowest BCUT2D eigenvalue weighted by molar-refractivity contribution is -0.275. The van der Waals surface area contributed by atoms with Crippen LogP contribution in [0.1, 0.15) is 16.8 Å². The number of hydrogen-bond acceptors (Lipinski definition) is 3. The molecule has 1 heterocycles. The van der Waals surface area contributed by atoms with Gasteiger partial charge in [-0.2, -0.15) is 0 Å². The molecule has 0 amide bonds. The van der Waals surface area contributed by atoms with E-state index in [0.29, 0.717) is 16.8 Å². The van der Waals surface area contributed by atoms with Gasteiger partial charge >= 0.3 is 6.36 Å². The Balaban J connectivity index is 3.11. The van der Waals surface area contributed by atoms with Crippen molar-refractivity contribution in [2.45, 2.75) is 26.8 Å². The van der Waals surface area contributed by atoms with Crippen molar-refractivity contribution in [3.05, 3.63) is 23.0 Å². The lowest BCUT2D eigenvalue weighted by Crippen LogP contribution is -2.19. The second-order valence-corrected chi connectivity index (χ2v) is 3.06. The van der Waals surface area contributed by atoms with Crippen LogP contribution >= 0.6 is 0 Å². The summed E-state index contributed by atoms with van der Waals surface area (Å²) in [5.41, 5.74) is 6.98. The Morgan fingerprint density at radius 3 is 2.47 bits per heavy atom. The molecule has 0 unspecified atom stereocenters. The van der Waals surface area contributed by atoms with E-state index in [-0.39, 0.29) is 12.3 Å². The van der Waals surface area contributed by atoms with Gasteiger partial charge in [0.25, 0.3) is 0 Å². The Hall–Kier alpha value is -1.30. The standard InChI is InChI=1S/C9H11F3N2O/c1-5-7(3-13)6(2)14-4-8(5)15-9(10,11)12/h4H,3,13H2,1-2H3. The molecule has 0 aromatic carbocycles. The molecule has 0 saturated carbocycles. The number of ether oxygens (including phenoxy) is 1. The molecule has 84 valence electrons. The van der Waals surface area contributed by atoms with Crippen LogP contribution in [0, 0.1) is 13.8 Å². The van der Waals surface area contributed by atoms with Gasteiger partial charge in [-0.25, -0.2) is 0 Å². The highest BCUT2D eigenvalue weighted by atomic mass is 19.4. The average Bonchev–Trinajstić information content (AvgIpc) is 2.09. The van der Waals surface area contributed by atoms with E-state index in [4.69, 9.17) is 5.73 Å². The summed E-state index contributed by atoms with van der Waals surface area (Å²) in [5.74, 6) is -0.298. The van der Waals surface area contributed by atoms with Crippen LogP contribution in [-0.4, -0.2) is 11.3 Å². The highest BCUT2D eigenvalue weighted by Crippen LogP contribution is 2.28. The topological polar surface area (TPSA) is 48.1 Å². The summed E-state index contributed by atoms with van der Waals surface area (Å²) in [6.07, 6.45) is -3.65. The van der Waals surface area contributed by atoms with Crippen LogP contribution in [0.2, 0.25) is 0 Å². The minimum atomic E-state index is -4.70. The number of nitrogens with two attached hydrogens (primary N) is 1. The monoisotopic (exact) mass is 220 g/mol. The molecule has 0 spiro atoms. The predicted molar refractivity (Wildman–Crippen MR) is 48.3 cm³/mol. The summed E-state index contributed by atoms with van der Waals surface area (Å²) in [5, 5.41) is 0. The fourth-order valence-corrected chi connectivity index (χ4v) is 1.28. The Kier molecular flexibility index (Phi) is 3.18. The number of nitrogens with zero attached hydrogens (tertiary/aromatic N) is 1. The van der Waals surface area contributed by atoms with Gasteiger partial charge in [-0.15, -0.1) is 13.2 Å². The molecule has 1 rings (SSSR count). The van der Waals surface area contributed by atoms with Crippen LogP contribution in [0.4, 0.5) is 13.2 Å². The van der Waals surface area contributed by atoms with Gasteiger partial charge in [0.2, 0.25) is 0 Å². The molecule has 0 fully saturated rings. The second kappa shape index (κ2) is 4.06. The van der Waals surface area contributed by atoms with Gasteiger partial charge in [0.15, 0.2) is 5.75 Å². The van der Waals surface area contributed by atoms with E-state index >= 15 is 0 Å². The molecule has 3 nitrogen and oxygen atoms in total. The lowest BCUT2D eigenvalue weighted by atomic mass is 10.1. The van der Waals surface area contributed by atoms with E-state index < -0.39 is 6.36 Å². The SMILES string of the molecule is Cc1ncc(OC(F)(F)F)c(C)c1CN.